The lowest BCUT2D eigenvalue weighted by atomic mass is 9.97. The Morgan fingerprint density at radius 3 is 2.15 bits per heavy atom. The zero-order valence-corrected chi connectivity index (χ0v) is 9.05. The standard InChI is InChI=1S/C11H22O2/c1-4-10(11(12)13)8-6-5-7-9(2)3/h9-10H,4-8H2,1-3H3,(H,12,13). The topological polar surface area (TPSA) is 37.3 Å². The molecule has 0 radical (unpaired) electrons. The van der Waals surface area contributed by atoms with E-state index in [1.807, 2.05) is 6.92 Å². The van der Waals surface area contributed by atoms with E-state index in [4.69, 9.17) is 5.11 Å². The molecule has 0 bridgehead atoms. The van der Waals surface area contributed by atoms with Crippen LogP contribution in [0.25, 0.3) is 0 Å². The second kappa shape index (κ2) is 6.93. The van der Waals surface area contributed by atoms with E-state index in [0.29, 0.717) is 0 Å². The Kier molecular flexibility index (Phi) is 6.65. The molecular weight excluding hydrogens is 164 g/mol. The summed E-state index contributed by atoms with van der Waals surface area (Å²) in [7, 11) is 0. The lowest BCUT2D eigenvalue weighted by Crippen LogP contribution is -2.12. The zero-order valence-electron chi connectivity index (χ0n) is 9.05. The quantitative estimate of drug-likeness (QED) is 0.619. The Labute approximate surface area is 81.3 Å². The summed E-state index contributed by atoms with van der Waals surface area (Å²) in [5.41, 5.74) is 0. The third kappa shape index (κ3) is 6.62. The second-order valence-corrected chi connectivity index (χ2v) is 4.12. The molecule has 2 nitrogen and oxygen atoms in total. The molecule has 0 rings (SSSR count). The molecule has 0 aromatic heterocycles. The number of rotatable bonds is 7. The smallest absolute Gasteiger partial charge is 0.306 e. The van der Waals surface area contributed by atoms with Crippen molar-refractivity contribution in [2.75, 3.05) is 0 Å². The highest BCUT2D eigenvalue weighted by molar-refractivity contribution is 5.69. The molecule has 0 saturated heterocycles. The van der Waals surface area contributed by atoms with E-state index in [0.717, 1.165) is 25.2 Å². The van der Waals surface area contributed by atoms with Crippen molar-refractivity contribution >= 4 is 5.97 Å². The van der Waals surface area contributed by atoms with E-state index in [1.54, 1.807) is 0 Å². The molecule has 78 valence electrons. The number of carbonyl (C=O) groups is 1. The summed E-state index contributed by atoms with van der Waals surface area (Å²) in [5, 5.41) is 8.78. The highest BCUT2D eigenvalue weighted by Gasteiger charge is 2.13. The van der Waals surface area contributed by atoms with E-state index in [2.05, 4.69) is 13.8 Å². The third-order valence-corrected chi connectivity index (χ3v) is 2.43. The van der Waals surface area contributed by atoms with Gasteiger partial charge in [-0.05, 0) is 18.8 Å². The molecule has 13 heavy (non-hydrogen) atoms. The lowest BCUT2D eigenvalue weighted by Gasteiger charge is -2.09. The van der Waals surface area contributed by atoms with Crippen molar-refractivity contribution in [1.82, 2.24) is 0 Å². The average molecular weight is 186 g/mol. The Balaban J connectivity index is 3.44. The molecule has 0 spiro atoms. The lowest BCUT2D eigenvalue weighted by molar-refractivity contribution is -0.142. The van der Waals surface area contributed by atoms with Crippen LogP contribution in [0.5, 0.6) is 0 Å². The first-order valence-corrected chi connectivity index (χ1v) is 5.30. The molecule has 0 aromatic rings. The third-order valence-electron chi connectivity index (χ3n) is 2.43. The minimum atomic E-state index is -0.632. The molecule has 1 N–H and O–H groups in total. The summed E-state index contributed by atoms with van der Waals surface area (Å²) in [6.45, 7) is 6.35. The summed E-state index contributed by atoms with van der Waals surface area (Å²) in [6.07, 6.45) is 5.05. The van der Waals surface area contributed by atoms with Gasteiger partial charge in [0.1, 0.15) is 0 Å². The molecule has 0 aliphatic rings. The summed E-state index contributed by atoms with van der Waals surface area (Å²) in [5.74, 6) is -0.0101. The highest BCUT2D eigenvalue weighted by Crippen LogP contribution is 2.15. The molecule has 1 unspecified atom stereocenters. The van der Waals surface area contributed by atoms with Crippen LogP contribution in [-0.4, -0.2) is 11.1 Å². The monoisotopic (exact) mass is 186 g/mol. The fourth-order valence-corrected chi connectivity index (χ4v) is 1.45. The van der Waals surface area contributed by atoms with Crippen molar-refractivity contribution < 1.29 is 9.90 Å². The van der Waals surface area contributed by atoms with Crippen molar-refractivity contribution in [1.29, 1.82) is 0 Å². The van der Waals surface area contributed by atoms with Crippen molar-refractivity contribution in [3.8, 4) is 0 Å². The summed E-state index contributed by atoms with van der Waals surface area (Å²) in [4.78, 5) is 10.7. The fraction of sp³-hybridized carbons (Fsp3) is 0.909. The molecule has 1 atom stereocenters. The van der Waals surface area contributed by atoms with Crippen LogP contribution in [0.15, 0.2) is 0 Å². The Hall–Kier alpha value is -0.530. The Morgan fingerprint density at radius 2 is 1.77 bits per heavy atom. The maximum absolute atomic E-state index is 10.7. The first-order chi connectivity index (χ1) is 6.07. The van der Waals surface area contributed by atoms with Crippen LogP contribution in [0.2, 0.25) is 0 Å². The van der Waals surface area contributed by atoms with E-state index >= 15 is 0 Å². The summed E-state index contributed by atoms with van der Waals surface area (Å²) >= 11 is 0. The molecule has 0 amide bonds. The van der Waals surface area contributed by atoms with Crippen LogP contribution in [0.1, 0.15) is 52.9 Å². The van der Waals surface area contributed by atoms with Gasteiger partial charge in [-0.3, -0.25) is 4.79 Å². The maximum Gasteiger partial charge on any atom is 0.306 e. The van der Waals surface area contributed by atoms with Gasteiger partial charge in [-0.25, -0.2) is 0 Å². The minimum absolute atomic E-state index is 0.118. The van der Waals surface area contributed by atoms with Crippen LogP contribution in [-0.2, 0) is 4.79 Å². The van der Waals surface area contributed by atoms with Crippen LogP contribution in [0, 0.1) is 11.8 Å². The molecule has 0 heterocycles. The minimum Gasteiger partial charge on any atom is -0.481 e. The normalized spacial score (nSPS) is 13.2. The van der Waals surface area contributed by atoms with Gasteiger partial charge in [-0.2, -0.15) is 0 Å². The predicted octanol–water partition coefficient (Wildman–Crippen LogP) is 3.31. The summed E-state index contributed by atoms with van der Waals surface area (Å²) < 4.78 is 0. The SMILES string of the molecule is CCC(CCCCC(C)C)C(=O)O. The van der Waals surface area contributed by atoms with Gasteiger partial charge in [-0.1, -0.05) is 40.0 Å². The van der Waals surface area contributed by atoms with Crippen LogP contribution < -0.4 is 0 Å². The molecule has 0 aliphatic heterocycles. The van der Waals surface area contributed by atoms with Crippen LogP contribution in [0.3, 0.4) is 0 Å². The zero-order chi connectivity index (χ0) is 10.3. The Morgan fingerprint density at radius 1 is 1.23 bits per heavy atom. The molecule has 0 saturated carbocycles. The van der Waals surface area contributed by atoms with E-state index in [9.17, 15) is 4.79 Å². The van der Waals surface area contributed by atoms with Gasteiger partial charge in [0.05, 0.1) is 5.92 Å². The summed E-state index contributed by atoms with van der Waals surface area (Å²) in [6, 6.07) is 0. The van der Waals surface area contributed by atoms with Crippen LogP contribution >= 0.6 is 0 Å². The fourth-order valence-electron chi connectivity index (χ4n) is 1.45. The number of aliphatic carboxylic acids is 1. The first kappa shape index (κ1) is 12.5. The Bertz CT molecular complexity index is 141. The van der Waals surface area contributed by atoms with Gasteiger partial charge in [-0.15, -0.1) is 0 Å². The molecule has 0 fully saturated rings. The van der Waals surface area contributed by atoms with E-state index < -0.39 is 5.97 Å². The van der Waals surface area contributed by atoms with Crippen LogP contribution in [0.4, 0.5) is 0 Å². The number of hydrogen-bond acceptors (Lipinski definition) is 1. The number of carboxylic acids is 1. The largest absolute Gasteiger partial charge is 0.481 e. The first-order valence-electron chi connectivity index (χ1n) is 5.30. The van der Waals surface area contributed by atoms with Crippen molar-refractivity contribution in [2.45, 2.75) is 52.9 Å². The second-order valence-electron chi connectivity index (χ2n) is 4.12. The van der Waals surface area contributed by atoms with Gasteiger partial charge < -0.3 is 5.11 Å². The van der Waals surface area contributed by atoms with Gasteiger partial charge in [0, 0.05) is 0 Å². The van der Waals surface area contributed by atoms with Crippen molar-refractivity contribution in [2.24, 2.45) is 11.8 Å². The van der Waals surface area contributed by atoms with Gasteiger partial charge in [0.25, 0.3) is 0 Å². The number of unbranched alkanes of at least 4 members (excludes halogenated alkanes) is 1. The molecule has 0 aromatic carbocycles. The average Bonchev–Trinajstić information content (AvgIpc) is 2.03. The number of carboxylic acid groups (broad SMARTS) is 1. The maximum atomic E-state index is 10.7. The number of hydrogen-bond donors (Lipinski definition) is 1. The van der Waals surface area contributed by atoms with Crippen molar-refractivity contribution in [3.63, 3.8) is 0 Å². The van der Waals surface area contributed by atoms with E-state index in [-0.39, 0.29) is 5.92 Å². The van der Waals surface area contributed by atoms with Gasteiger partial charge in [0.15, 0.2) is 0 Å². The molecular formula is C11H22O2. The predicted molar refractivity (Wildman–Crippen MR) is 54.7 cm³/mol. The van der Waals surface area contributed by atoms with Crippen molar-refractivity contribution in [3.05, 3.63) is 0 Å². The molecule has 2 heteroatoms. The highest BCUT2D eigenvalue weighted by atomic mass is 16.4. The van der Waals surface area contributed by atoms with Gasteiger partial charge in [0.2, 0.25) is 0 Å². The van der Waals surface area contributed by atoms with E-state index in [1.165, 1.54) is 12.8 Å². The molecule has 0 aliphatic carbocycles. The van der Waals surface area contributed by atoms with Gasteiger partial charge >= 0.3 is 5.97 Å².